The van der Waals surface area contributed by atoms with E-state index in [4.69, 9.17) is 10.5 Å². The second-order valence-corrected chi connectivity index (χ2v) is 5.53. The Kier molecular flexibility index (Phi) is 2.63. The van der Waals surface area contributed by atoms with Crippen LogP contribution in [0.1, 0.15) is 0 Å². The minimum Gasteiger partial charge on any atom is -0.235 e. The predicted molar refractivity (Wildman–Crippen MR) is 67.3 cm³/mol. The van der Waals surface area contributed by atoms with Crippen LogP contribution in [0.3, 0.4) is 0 Å². The average molecular weight is 269 g/mol. The first-order valence-corrected chi connectivity index (χ1v) is 6.48. The van der Waals surface area contributed by atoms with Crippen molar-refractivity contribution in [2.75, 3.05) is 0 Å². The van der Waals surface area contributed by atoms with Crippen LogP contribution in [-0.4, -0.2) is 15.0 Å². The number of hydrogen-bond acceptors (Lipinski definition) is 7. The maximum absolute atomic E-state index is 8.84. The molecular weight excluding hydrogens is 266 g/mol. The molecule has 0 atom stereocenters. The Morgan fingerprint density at radius 1 is 1.11 bits per heavy atom. The zero-order valence-corrected chi connectivity index (χ0v) is 10.4. The fourth-order valence-corrected chi connectivity index (χ4v) is 3.58. The summed E-state index contributed by atoms with van der Waals surface area (Å²) in [5.41, 5.74) is 1.38. The Morgan fingerprint density at radius 2 is 1.83 bits per heavy atom. The molecule has 0 radical (unpaired) electrons. The van der Waals surface area contributed by atoms with Crippen LogP contribution in [0, 0.1) is 22.7 Å². The van der Waals surface area contributed by atoms with Gasteiger partial charge in [0.15, 0.2) is 5.65 Å². The number of thioether (sulfide) groups is 2. The molecule has 3 heterocycles. The van der Waals surface area contributed by atoms with Crippen LogP contribution in [0.15, 0.2) is 38.2 Å². The summed E-state index contributed by atoms with van der Waals surface area (Å²) in [4.78, 5) is 12.9. The van der Waals surface area contributed by atoms with Crippen molar-refractivity contribution in [2.24, 2.45) is 0 Å². The topological polar surface area (TPSA) is 86.2 Å². The van der Waals surface area contributed by atoms with E-state index in [0.717, 1.165) is 5.03 Å². The Morgan fingerprint density at radius 3 is 2.56 bits per heavy atom. The maximum atomic E-state index is 8.84. The van der Waals surface area contributed by atoms with E-state index in [9.17, 15) is 0 Å². The smallest absolute Gasteiger partial charge is 0.179 e. The molecule has 0 bridgehead atoms. The second-order valence-electron chi connectivity index (χ2n) is 3.27. The van der Waals surface area contributed by atoms with Crippen molar-refractivity contribution in [1.82, 2.24) is 15.0 Å². The minimum absolute atomic E-state index is 0.0989. The lowest BCUT2D eigenvalue weighted by molar-refractivity contribution is 0.966. The van der Waals surface area contributed by atoms with Crippen LogP contribution in [0.5, 0.6) is 0 Å². The quantitative estimate of drug-likeness (QED) is 0.679. The normalized spacial score (nSPS) is 12.9. The molecule has 0 saturated heterocycles. The fourth-order valence-electron chi connectivity index (χ4n) is 1.41. The summed E-state index contributed by atoms with van der Waals surface area (Å²) in [6.45, 7) is 0. The van der Waals surface area contributed by atoms with Crippen molar-refractivity contribution >= 4 is 34.7 Å². The van der Waals surface area contributed by atoms with Gasteiger partial charge >= 0.3 is 0 Å². The lowest BCUT2D eigenvalue weighted by atomic mass is 10.4. The number of nitriles is 2. The van der Waals surface area contributed by atoms with Gasteiger partial charge in [0, 0.05) is 6.20 Å². The molecule has 2 aromatic heterocycles. The van der Waals surface area contributed by atoms with Crippen LogP contribution in [0.2, 0.25) is 0 Å². The van der Waals surface area contributed by atoms with Gasteiger partial charge in [-0.2, -0.15) is 10.5 Å². The SMILES string of the molecule is N#CC(C#N)=C1Sc2nc3cccnc3nc2S1. The maximum Gasteiger partial charge on any atom is 0.179 e. The number of rotatable bonds is 0. The van der Waals surface area contributed by atoms with Crippen LogP contribution in [0.4, 0.5) is 0 Å². The van der Waals surface area contributed by atoms with E-state index in [1.54, 1.807) is 12.3 Å². The van der Waals surface area contributed by atoms with Gasteiger partial charge in [0.2, 0.25) is 0 Å². The van der Waals surface area contributed by atoms with Gasteiger partial charge in [-0.25, -0.2) is 15.0 Å². The van der Waals surface area contributed by atoms with Crippen LogP contribution in [0.25, 0.3) is 11.2 Å². The molecule has 0 saturated carbocycles. The average Bonchev–Trinajstić information content (AvgIpc) is 2.79. The van der Waals surface area contributed by atoms with Crippen molar-refractivity contribution in [3.63, 3.8) is 0 Å². The second kappa shape index (κ2) is 4.30. The molecule has 7 heteroatoms. The zero-order valence-electron chi connectivity index (χ0n) is 8.78. The van der Waals surface area contributed by atoms with E-state index >= 15 is 0 Å². The summed E-state index contributed by atoms with van der Waals surface area (Å²) in [5, 5.41) is 19.1. The summed E-state index contributed by atoms with van der Waals surface area (Å²) >= 11 is 2.60. The highest BCUT2D eigenvalue weighted by Gasteiger charge is 2.24. The van der Waals surface area contributed by atoms with E-state index in [0.29, 0.717) is 20.4 Å². The highest BCUT2D eigenvalue weighted by Crippen LogP contribution is 2.50. The number of pyridine rings is 1. The van der Waals surface area contributed by atoms with Crippen molar-refractivity contribution in [3.05, 3.63) is 28.1 Å². The van der Waals surface area contributed by atoms with E-state index < -0.39 is 0 Å². The Balaban J connectivity index is 2.15. The summed E-state index contributed by atoms with van der Waals surface area (Å²) in [7, 11) is 0. The van der Waals surface area contributed by atoms with Gasteiger partial charge in [-0.05, 0) is 12.1 Å². The monoisotopic (exact) mass is 269 g/mol. The van der Waals surface area contributed by atoms with Crippen molar-refractivity contribution in [3.8, 4) is 12.1 Å². The molecule has 0 amide bonds. The fraction of sp³-hybridized carbons (Fsp3) is 0. The number of nitrogens with zero attached hydrogens (tertiary/aromatic N) is 5. The third kappa shape index (κ3) is 1.70. The molecule has 1 aliphatic heterocycles. The molecule has 18 heavy (non-hydrogen) atoms. The Labute approximate surface area is 111 Å². The van der Waals surface area contributed by atoms with Gasteiger partial charge in [0.1, 0.15) is 33.3 Å². The summed E-state index contributed by atoms with van der Waals surface area (Å²) in [5.74, 6) is 0. The van der Waals surface area contributed by atoms with Crippen LogP contribution < -0.4 is 0 Å². The third-order valence-corrected chi connectivity index (χ3v) is 4.55. The molecule has 0 unspecified atom stereocenters. The molecular formula is C11H3N5S2. The first-order chi connectivity index (χ1) is 8.81. The molecule has 0 fully saturated rings. The highest BCUT2D eigenvalue weighted by atomic mass is 32.2. The van der Waals surface area contributed by atoms with Crippen LogP contribution in [-0.2, 0) is 0 Å². The van der Waals surface area contributed by atoms with E-state index in [1.807, 2.05) is 18.2 Å². The summed E-state index contributed by atoms with van der Waals surface area (Å²) in [6, 6.07) is 7.38. The van der Waals surface area contributed by atoms with Gasteiger partial charge in [0.25, 0.3) is 0 Å². The largest absolute Gasteiger partial charge is 0.235 e. The summed E-state index contributed by atoms with van der Waals surface area (Å²) in [6.07, 6.45) is 1.66. The van der Waals surface area contributed by atoms with Crippen molar-refractivity contribution in [1.29, 1.82) is 10.5 Å². The molecule has 5 nitrogen and oxygen atoms in total. The lowest BCUT2D eigenvalue weighted by Gasteiger charge is -1.97. The first kappa shape index (κ1) is 11.0. The molecule has 1 aliphatic rings. The van der Waals surface area contributed by atoms with E-state index in [-0.39, 0.29) is 5.57 Å². The predicted octanol–water partition coefficient (Wildman–Crippen LogP) is 2.48. The molecule has 3 rings (SSSR count). The first-order valence-electron chi connectivity index (χ1n) is 4.85. The lowest BCUT2D eigenvalue weighted by Crippen LogP contribution is -1.89. The Bertz CT molecular complexity index is 707. The van der Waals surface area contributed by atoms with Crippen LogP contribution >= 0.6 is 23.5 Å². The van der Waals surface area contributed by atoms with Crippen molar-refractivity contribution < 1.29 is 0 Å². The minimum atomic E-state index is 0.0989. The van der Waals surface area contributed by atoms with E-state index in [2.05, 4.69) is 15.0 Å². The molecule has 0 N–H and O–H groups in total. The summed E-state index contributed by atoms with van der Waals surface area (Å²) < 4.78 is 0.630. The van der Waals surface area contributed by atoms with Gasteiger partial charge < -0.3 is 0 Å². The Hall–Kier alpha value is -2.09. The number of aromatic nitrogens is 3. The molecule has 0 aliphatic carbocycles. The molecule has 84 valence electrons. The van der Waals surface area contributed by atoms with Crippen molar-refractivity contribution in [2.45, 2.75) is 10.1 Å². The van der Waals surface area contributed by atoms with Gasteiger partial charge in [0.05, 0.1) is 4.24 Å². The third-order valence-electron chi connectivity index (χ3n) is 2.18. The number of hydrogen-bond donors (Lipinski definition) is 0. The molecule has 2 aromatic rings. The van der Waals surface area contributed by atoms with Gasteiger partial charge in [-0.1, -0.05) is 23.5 Å². The zero-order chi connectivity index (χ0) is 12.5. The standard InChI is InChI=1S/C11H3N5S2/c12-4-6(5-13)11-17-9-10(18-11)16-8-7(15-9)2-1-3-14-8/h1-3H. The van der Waals surface area contributed by atoms with Gasteiger partial charge in [-0.15, -0.1) is 0 Å². The van der Waals surface area contributed by atoms with E-state index in [1.165, 1.54) is 23.5 Å². The number of fused-ring (bicyclic) bond motifs is 2. The molecule has 0 aromatic carbocycles. The van der Waals surface area contributed by atoms with Gasteiger partial charge in [-0.3, -0.25) is 0 Å². The highest BCUT2D eigenvalue weighted by molar-refractivity contribution is 8.24. The molecule has 0 spiro atoms. The number of allylic oxidation sites excluding steroid dienone is 1.